The molecule has 172 valence electrons. The molecule has 1 unspecified atom stereocenters. The number of ketones is 1. The number of aromatic amines is 1. The Labute approximate surface area is 204 Å². The molecule has 5 rings (SSSR count). The highest BCUT2D eigenvalue weighted by molar-refractivity contribution is 9.10. The molecule has 34 heavy (non-hydrogen) atoms. The van der Waals surface area contributed by atoms with E-state index in [0.717, 1.165) is 10.0 Å². The number of carbonyl (C=O) groups is 2. The number of hydrogen-bond acceptors (Lipinski definition) is 4. The van der Waals surface area contributed by atoms with Crippen molar-refractivity contribution in [1.82, 2.24) is 19.3 Å². The lowest BCUT2D eigenvalue weighted by molar-refractivity contribution is -0.695. The van der Waals surface area contributed by atoms with Crippen molar-refractivity contribution in [2.24, 2.45) is 0 Å². The molecular formula is C25H23BrN5O3+. The molecule has 1 atom stereocenters. The number of halogens is 1. The van der Waals surface area contributed by atoms with Crippen LogP contribution in [0.2, 0.25) is 0 Å². The fourth-order valence-corrected chi connectivity index (χ4v) is 4.78. The quantitative estimate of drug-likeness (QED) is 0.176. The minimum absolute atomic E-state index is 0.0790. The molecule has 3 aromatic heterocycles. The van der Waals surface area contributed by atoms with Gasteiger partial charge in [0.15, 0.2) is 5.76 Å². The summed E-state index contributed by atoms with van der Waals surface area (Å²) in [7, 11) is 0. The molecule has 1 aliphatic rings. The Morgan fingerprint density at radius 3 is 2.74 bits per heavy atom. The highest BCUT2D eigenvalue weighted by Gasteiger charge is 2.46. The van der Waals surface area contributed by atoms with Crippen molar-refractivity contribution in [2.75, 3.05) is 6.54 Å². The van der Waals surface area contributed by atoms with E-state index in [1.165, 1.54) is 0 Å². The lowest BCUT2D eigenvalue weighted by Crippen LogP contribution is -2.36. The van der Waals surface area contributed by atoms with E-state index in [2.05, 4.69) is 25.9 Å². The van der Waals surface area contributed by atoms with Crippen LogP contribution >= 0.6 is 15.9 Å². The average Bonchev–Trinajstić information content (AvgIpc) is 3.52. The summed E-state index contributed by atoms with van der Waals surface area (Å²) in [5.74, 6) is -1.52. The Morgan fingerprint density at radius 2 is 2.00 bits per heavy atom. The van der Waals surface area contributed by atoms with Crippen LogP contribution in [0, 0.1) is 6.92 Å². The van der Waals surface area contributed by atoms with Crippen LogP contribution in [0.3, 0.4) is 0 Å². The van der Waals surface area contributed by atoms with Gasteiger partial charge in [-0.15, -0.1) is 0 Å². The van der Waals surface area contributed by atoms with Gasteiger partial charge in [0.2, 0.25) is 6.33 Å². The van der Waals surface area contributed by atoms with Crippen LogP contribution in [0.25, 0.3) is 11.4 Å². The Hall–Kier alpha value is -3.72. The zero-order valence-corrected chi connectivity index (χ0v) is 20.1. The standard InChI is InChI=1S/C25H22BrN5O3/c1-16-21(30-12-3-2-5-19(30)28-16)23(32)20-22(17-6-8-18(26)9-7-17)31(25(34)24(20)33)13-4-11-29-14-10-27-15-29/h2-3,5-10,12,14-15,22H,4,11,13H2,1H3,(H,32,33)/p+1. The minimum atomic E-state index is -0.696. The normalized spacial score (nSPS) is 17.7. The second kappa shape index (κ2) is 8.90. The summed E-state index contributed by atoms with van der Waals surface area (Å²) in [5.41, 5.74) is 2.48. The molecule has 1 fully saturated rings. The molecule has 0 radical (unpaired) electrons. The first-order valence-electron chi connectivity index (χ1n) is 11.0. The third-order valence-corrected chi connectivity index (χ3v) is 6.60. The number of rotatable bonds is 6. The van der Waals surface area contributed by atoms with Crippen LogP contribution in [0.15, 0.2) is 77.4 Å². The Morgan fingerprint density at radius 1 is 1.21 bits per heavy atom. The maximum absolute atomic E-state index is 13.3. The molecule has 1 amide bonds. The number of aryl methyl sites for hydroxylation is 2. The molecule has 9 heteroatoms. The van der Waals surface area contributed by atoms with Crippen LogP contribution in [0.4, 0.5) is 0 Å². The van der Waals surface area contributed by atoms with E-state index in [9.17, 15) is 14.7 Å². The van der Waals surface area contributed by atoms with Crippen molar-refractivity contribution >= 4 is 39.0 Å². The number of likely N-dealkylation sites (tertiary alicyclic amines) is 1. The van der Waals surface area contributed by atoms with E-state index in [1.54, 1.807) is 22.4 Å². The highest BCUT2D eigenvalue weighted by atomic mass is 79.9. The van der Waals surface area contributed by atoms with Gasteiger partial charge in [-0.05, 0) is 36.8 Å². The SMILES string of the molecule is Cc1nc2ccccn2c1/C(O)=C1\C(=O)C(=O)N(CCC[n+]2cc[nH]c2)C1c1ccc(Br)cc1. The maximum Gasteiger partial charge on any atom is 0.295 e. The van der Waals surface area contributed by atoms with E-state index in [-0.39, 0.29) is 11.3 Å². The largest absolute Gasteiger partial charge is 0.505 e. The van der Waals surface area contributed by atoms with Gasteiger partial charge in [0, 0.05) is 23.6 Å². The summed E-state index contributed by atoms with van der Waals surface area (Å²) in [4.78, 5) is 35.5. The zero-order valence-electron chi connectivity index (χ0n) is 18.5. The maximum atomic E-state index is 13.3. The summed E-state index contributed by atoms with van der Waals surface area (Å²) in [6.45, 7) is 2.83. The Balaban J connectivity index is 1.60. The summed E-state index contributed by atoms with van der Waals surface area (Å²) in [6, 6.07) is 12.3. The van der Waals surface area contributed by atoms with Crippen molar-refractivity contribution in [2.45, 2.75) is 25.9 Å². The summed E-state index contributed by atoms with van der Waals surface area (Å²) in [6.07, 6.45) is 8.01. The second-order valence-corrected chi connectivity index (χ2v) is 9.14. The van der Waals surface area contributed by atoms with Gasteiger partial charge in [-0.1, -0.05) is 34.1 Å². The lowest BCUT2D eigenvalue weighted by atomic mass is 9.96. The monoisotopic (exact) mass is 520 g/mol. The molecule has 0 aliphatic carbocycles. The number of nitrogens with one attached hydrogen (secondary N) is 1. The molecule has 1 aliphatic heterocycles. The number of aliphatic hydroxyl groups is 1. The van der Waals surface area contributed by atoms with Gasteiger partial charge in [0.05, 0.1) is 23.9 Å². The predicted octanol–water partition coefficient (Wildman–Crippen LogP) is 3.53. The van der Waals surface area contributed by atoms with Gasteiger partial charge in [0.25, 0.3) is 11.7 Å². The molecule has 1 aromatic carbocycles. The van der Waals surface area contributed by atoms with Crippen LogP contribution in [-0.2, 0) is 16.1 Å². The van der Waals surface area contributed by atoms with E-state index in [4.69, 9.17) is 0 Å². The number of amides is 1. The summed E-state index contributed by atoms with van der Waals surface area (Å²) in [5, 5.41) is 11.5. The molecular weight excluding hydrogens is 498 g/mol. The van der Waals surface area contributed by atoms with E-state index in [0.29, 0.717) is 36.5 Å². The number of fused-ring (bicyclic) bond motifs is 1. The zero-order chi connectivity index (χ0) is 23.8. The molecule has 0 bridgehead atoms. The van der Waals surface area contributed by atoms with Gasteiger partial charge in [0.1, 0.15) is 23.7 Å². The molecule has 8 nitrogen and oxygen atoms in total. The molecule has 0 spiro atoms. The third kappa shape index (κ3) is 3.81. The number of pyridine rings is 1. The van der Waals surface area contributed by atoms with Crippen LogP contribution in [-0.4, -0.2) is 42.6 Å². The topological polar surface area (TPSA) is 94.6 Å². The number of carbonyl (C=O) groups excluding carboxylic acids is 2. The predicted molar refractivity (Wildman–Crippen MR) is 129 cm³/mol. The summed E-state index contributed by atoms with van der Waals surface area (Å²) >= 11 is 3.44. The Bertz CT molecular complexity index is 1410. The number of H-pyrrole nitrogens is 1. The summed E-state index contributed by atoms with van der Waals surface area (Å²) < 4.78 is 4.60. The van der Waals surface area contributed by atoms with Crippen molar-refractivity contribution in [3.63, 3.8) is 0 Å². The number of nitrogens with zero attached hydrogens (tertiary/aromatic N) is 4. The number of aromatic nitrogens is 4. The van der Waals surface area contributed by atoms with Gasteiger partial charge in [-0.25, -0.2) is 9.55 Å². The number of Topliss-reactive ketones (excluding diaryl/α,β-unsaturated/α-hetero) is 1. The van der Waals surface area contributed by atoms with Gasteiger partial charge in [-0.2, -0.15) is 0 Å². The van der Waals surface area contributed by atoms with E-state index >= 15 is 0 Å². The van der Waals surface area contributed by atoms with Crippen LogP contribution in [0.5, 0.6) is 0 Å². The van der Waals surface area contributed by atoms with Crippen molar-refractivity contribution < 1.29 is 19.3 Å². The van der Waals surface area contributed by atoms with Crippen molar-refractivity contribution in [3.8, 4) is 0 Å². The molecule has 1 saturated heterocycles. The number of hydrogen-bond donors (Lipinski definition) is 2. The molecule has 2 N–H and O–H groups in total. The number of imidazole rings is 2. The highest BCUT2D eigenvalue weighted by Crippen LogP contribution is 2.40. The van der Waals surface area contributed by atoms with Gasteiger partial charge >= 0.3 is 0 Å². The van der Waals surface area contributed by atoms with Crippen LogP contribution in [0.1, 0.15) is 29.4 Å². The first kappa shape index (κ1) is 22.1. The number of benzene rings is 1. The van der Waals surface area contributed by atoms with Gasteiger partial charge < -0.3 is 10.0 Å². The fraction of sp³-hybridized carbons (Fsp3) is 0.200. The van der Waals surface area contributed by atoms with Crippen molar-refractivity contribution in [3.05, 3.63) is 94.4 Å². The fourth-order valence-electron chi connectivity index (χ4n) is 4.51. The van der Waals surface area contributed by atoms with E-state index in [1.807, 2.05) is 65.8 Å². The first-order valence-corrected chi connectivity index (χ1v) is 11.7. The molecule has 4 aromatic rings. The third-order valence-electron chi connectivity index (χ3n) is 6.07. The average molecular weight is 521 g/mol. The molecule has 4 heterocycles. The Kier molecular flexibility index (Phi) is 5.79. The number of aliphatic hydroxyl groups excluding tert-OH is 1. The van der Waals surface area contributed by atoms with Gasteiger partial charge in [-0.3, -0.25) is 19.0 Å². The minimum Gasteiger partial charge on any atom is -0.505 e. The lowest BCUT2D eigenvalue weighted by Gasteiger charge is -2.25. The van der Waals surface area contributed by atoms with Crippen LogP contribution < -0.4 is 4.57 Å². The first-order chi connectivity index (χ1) is 16.5. The molecule has 0 saturated carbocycles. The smallest absolute Gasteiger partial charge is 0.295 e. The van der Waals surface area contributed by atoms with Crippen molar-refractivity contribution in [1.29, 1.82) is 0 Å². The van der Waals surface area contributed by atoms with E-state index < -0.39 is 17.7 Å². The second-order valence-electron chi connectivity index (χ2n) is 8.22.